The molecule has 68 valence electrons. The molecule has 0 saturated carbocycles. The summed E-state index contributed by atoms with van der Waals surface area (Å²) in [6, 6.07) is 1.96. The fraction of sp³-hybridized carbons (Fsp3) is 0.300. The van der Waals surface area contributed by atoms with Crippen LogP contribution in [0.5, 0.6) is 0 Å². The molecule has 13 heavy (non-hydrogen) atoms. The van der Waals surface area contributed by atoms with Gasteiger partial charge in [-0.3, -0.25) is 0 Å². The first-order valence-electron chi connectivity index (χ1n) is 4.07. The minimum Gasteiger partial charge on any atom is -0.457 e. The molecule has 2 nitrogen and oxygen atoms in total. The minimum atomic E-state index is -0.192. The van der Waals surface area contributed by atoms with Crippen molar-refractivity contribution in [3.05, 3.63) is 32.8 Å². The van der Waals surface area contributed by atoms with Crippen LogP contribution in [0, 0.1) is 13.8 Å². The minimum absolute atomic E-state index is 0.192. The molecule has 0 fully saturated rings. The summed E-state index contributed by atoms with van der Waals surface area (Å²) in [6.45, 7) is 4.33. The lowest BCUT2D eigenvalue weighted by molar-refractivity contribution is 0.0534. The zero-order valence-electron chi connectivity index (χ0n) is 7.48. The highest BCUT2D eigenvalue weighted by molar-refractivity contribution is 9.10. The average Bonchev–Trinajstić information content (AvgIpc) is 2.44. The molecule has 2 rings (SSSR count). The fourth-order valence-corrected chi connectivity index (χ4v) is 2.20. The van der Waals surface area contributed by atoms with E-state index in [0.29, 0.717) is 6.61 Å². The molecule has 3 heteroatoms. The molecule has 1 heterocycles. The van der Waals surface area contributed by atoms with Crippen molar-refractivity contribution in [1.82, 2.24) is 0 Å². The number of ether oxygens (including phenoxy) is 1. The monoisotopic (exact) mass is 240 g/mol. The smallest absolute Gasteiger partial charge is 0.339 e. The predicted molar refractivity (Wildman–Crippen MR) is 52.7 cm³/mol. The van der Waals surface area contributed by atoms with Crippen molar-refractivity contribution >= 4 is 21.9 Å². The number of cyclic esters (lactones) is 1. The molecule has 1 aliphatic rings. The van der Waals surface area contributed by atoms with Crippen LogP contribution in [0.1, 0.15) is 27.0 Å². The quantitative estimate of drug-likeness (QED) is 0.653. The van der Waals surface area contributed by atoms with Crippen LogP contribution in [-0.4, -0.2) is 5.97 Å². The van der Waals surface area contributed by atoms with E-state index in [9.17, 15) is 4.79 Å². The van der Waals surface area contributed by atoms with Gasteiger partial charge >= 0.3 is 5.97 Å². The van der Waals surface area contributed by atoms with E-state index in [1.165, 1.54) is 0 Å². The number of carbonyl (C=O) groups is 1. The van der Waals surface area contributed by atoms with Crippen molar-refractivity contribution in [1.29, 1.82) is 0 Å². The first-order chi connectivity index (χ1) is 6.11. The van der Waals surface area contributed by atoms with Crippen LogP contribution in [0.3, 0.4) is 0 Å². The highest BCUT2D eigenvalue weighted by atomic mass is 79.9. The molecular formula is C10H9BrO2. The van der Waals surface area contributed by atoms with Crippen molar-refractivity contribution < 1.29 is 9.53 Å². The zero-order valence-corrected chi connectivity index (χ0v) is 9.06. The van der Waals surface area contributed by atoms with Gasteiger partial charge in [-0.15, -0.1) is 0 Å². The predicted octanol–water partition coefficient (Wildman–Crippen LogP) is 2.74. The summed E-state index contributed by atoms with van der Waals surface area (Å²) in [4.78, 5) is 11.3. The second kappa shape index (κ2) is 2.84. The molecule has 1 aromatic carbocycles. The second-order valence-corrected chi connectivity index (χ2v) is 4.08. The van der Waals surface area contributed by atoms with Crippen molar-refractivity contribution in [2.45, 2.75) is 20.5 Å². The molecule has 0 unspecified atom stereocenters. The van der Waals surface area contributed by atoms with E-state index in [2.05, 4.69) is 15.9 Å². The first kappa shape index (κ1) is 8.75. The standard InChI is InChI=1S/C10H9BrO2/c1-5-3-8(11)6(2)7-4-13-10(12)9(5)7/h3H,4H2,1-2H3. The lowest BCUT2D eigenvalue weighted by Gasteiger charge is -2.05. The highest BCUT2D eigenvalue weighted by Gasteiger charge is 2.25. The van der Waals surface area contributed by atoms with Crippen LogP contribution in [0.4, 0.5) is 0 Å². The van der Waals surface area contributed by atoms with Crippen LogP contribution < -0.4 is 0 Å². The molecular weight excluding hydrogens is 232 g/mol. The summed E-state index contributed by atoms with van der Waals surface area (Å²) < 4.78 is 6.02. The Bertz CT molecular complexity index is 396. The van der Waals surface area contributed by atoms with Gasteiger partial charge in [0.05, 0.1) is 5.56 Å². The van der Waals surface area contributed by atoms with Gasteiger partial charge in [0, 0.05) is 10.0 Å². The number of halogens is 1. The molecule has 0 aromatic heterocycles. The Morgan fingerprint density at radius 3 is 2.85 bits per heavy atom. The topological polar surface area (TPSA) is 26.3 Å². The van der Waals surface area contributed by atoms with Gasteiger partial charge in [-0.2, -0.15) is 0 Å². The number of aryl methyl sites for hydroxylation is 1. The van der Waals surface area contributed by atoms with E-state index >= 15 is 0 Å². The molecule has 0 saturated heterocycles. The first-order valence-corrected chi connectivity index (χ1v) is 4.86. The molecule has 0 atom stereocenters. The number of benzene rings is 1. The van der Waals surface area contributed by atoms with E-state index in [-0.39, 0.29) is 5.97 Å². The SMILES string of the molecule is Cc1cc(Br)c(C)c2c1C(=O)OC2. The van der Waals surface area contributed by atoms with Gasteiger partial charge in [0.2, 0.25) is 0 Å². The van der Waals surface area contributed by atoms with Crippen LogP contribution in [0.15, 0.2) is 10.5 Å². The van der Waals surface area contributed by atoms with Gasteiger partial charge in [0.25, 0.3) is 0 Å². The summed E-state index contributed by atoms with van der Waals surface area (Å²) >= 11 is 3.45. The number of fused-ring (bicyclic) bond motifs is 1. The third-order valence-electron chi connectivity index (χ3n) is 2.40. The summed E-state index contributed by atoms with van der Waals surface area (Å²) in [5.41, 5.74) is 3.86. The summed E-state index contributed by atoms with van der Waals surface area (Å²) in [6.07, 6.45) is 0. The largest absolute Gasteiger partial charge is 0.457 e. The third-order valence-corrected chi connectivity index (χ3v) is 3.23. The number of rotatable bonds is 0. The molecule has 1 aromatic rings. The Kier molecular flexibility index (Phi) is 1.91. The average molecular weight is 241 g/mol. The number of hydrogen-bond acceptors (Lipinski definition) is 2. The van der Waals surface area contributed by atoms with Crippen molar-refractivity contribution in [3.8, 4) is 0 Å². The van der Waals surface area contributed by atoms with E-state index in [1.807, 2.05) is 19.9 Å². The summed E-state index contributed by atoms with van der Waals surface area (Å²) in [5.74, 6) is -0.192. The normalized spacial score (nSPS) is 14.2. The van der Waals surface area contributed by atoms with Crippen molar-refractivity contribution in [3.63, 3.8) is 0 Å². The lowest BCUT2D eigenvalue weighted by atomic mass is 10.00. The summed E-state index contributed by atoms with van der Waals surface area (Å²) in [7, 11) is 0. The molecule has 1 aliphatic heterocycles. The van der Waals surface area contributed by atoms with Gasteiger partial charge in [0.15, 0.2) is 0 Å². The Morgan fingerprint density at radius 2 is 2.15 bits per heavy atom. The summed E-state index contributed by atoms with van der Waals surface area (Å²) in [5, 5.41) is 0. The number of esters is 1. The molecule has 0 radical (unpaired) electrons. The Hall–Kier alpha value is -0.830. The van der Waals surface area contributed by atoms with Gasteiger partial charge in [-0.05, 0) is 31.0 Å². The Morgan fingerprint density at radius 1 is 1.46 bits per heavy atom. The van der Waals surface area contributed by atoms with Crippen molar-refractivity contribution in [2.24, 2.45) is 0 Å². The van der Waals surface area contributed by atoms with Gasteiger partial charge < -0.3 is 4.74 Å². The van der Waals surface area contributed by atoms with Crippen molar-refractivity contribution in [2.75, 3.05) is 0 Å². The lowest BCUT2D eigenvalue weighted by Crippen LogP contribution is -1.98. The molecule has 0 bridgehead atoms. The third kappa shape index (κ3) is 1.18. The van der Waals surface area contributed by atoms with Gasteiger partial charge in [-0.25, -0.2) is 4.79 Å². The van der Waals surface area contributed by atoms with Crippen LogP contribution >= 0.6 is 15.9 Å². The number of hydrogen-bond donors (Lipinski definition) is 0. The Balaban J connectivity index is 2.76. The van der Waals surface area contributed by atoms with Crippen LogP contribution in [0.25, 0.3) is 0 Å². The van der Waals surface area contributed by atoms with E-state index in [4.69, 9.17) is 4.74 Å². The van der Waals surface area contributed by atoms with E-state index < -0.39 is 0 Å². The van der Waals surface area contributed by atoms with Crippen LogP contribution in [-0.2, 0) is 11.3 Å². The number of carbonyl (C=O) groups excluding carboxylic acids is 1. The zero-order chi connectivity index (χ0) is 9.59. The maximum Gasteiger partial charge on any atom is 0.339 e. The molecule has 0 amide bonds. The fourth-order valence-electron chi connectivity index (χ4n) is 1.61. The maximum atomic E-state index is 11.3. The van der Waals surface area contributed by atoms with Crippen LogP contribution in [0.2, 0.25) is 0 Å². The maximum absolute atomic E-state index is 11.3. The van der Waals surface area contributed by atoms with E-state index in [0.717, 1.165) is 26.7 Å². The highest BCUT2D eigenvalue weighted by Crippen LogP contribution is 2.31. The van der Waals surface area contributed by atoms with Gasteiger partial charge in [0.1, 0.15) is 6.61 Å². The van der Waals surface area contributed by atoms with E-state index in [1.54, 1.807) is 0 Å². The Labute approximate surface area is 85.0 Å². The molecule has 0 spiro atoms. The molecule has 0 N–H and O–H groups in total. The second-order valence-electron chi connectivity index (χ2n) is 3.23. The molecule has 0 aliphatic carbocycles. The van der Waals surface area contributed by atoms with Gasteiger partial charge in [-0.1, -0.05) is 15.9 Å².